The minimum Gasteiger partial charge on any atom is -0.325 e. The first-order valence-corrected chi connectivity index (χ1v) is 7.22. The van der Waals surface area contributed by atoms with Crippen molar-refractivity contribution in [1.82, 2.24) is 4.90 Å². The van der Waals surface area contributed by atoms with Crippen LogP contribution in [0.1, 0.15) is 29.4 Å². The molecule has 1 atom stereocenters. The van der Waals surface area contributed by atoms with Crippen LogP contribution in [0.4, 0.5) is 0 Å². The first kappa shape index (κ1) is 11.0. The Labute approximate surface area is 98.7 Å². The van der Waals surface area contributed by atoms with Gasteiger partial charge in [0.05, 0.1) is 10.3 Å². The van der Waals surface area contributed by atoms with Crippen LogP contribution in [-0.4, -0.2) is 28.5 Å². The smallest absolute Gasteiger partial charge is 0.264 e. The maximum atomic E-state index is 12.1. The van der Waals surface area contributed by atoms with Crippen molar-refractivity contribution in [2.24, 2.45) is 0 Å². The second-order valence-electron chi connectivity index (χ2n) is 3.59. The summed E-state index contributed by atoms with van der Waals surface area (Å²) in [6.07, 6.45) is 2.26. The number of hydrogen-bond donors (Lipinski definition) is 0. The molecule has 0 aromatic carbocycles. The molecule has 0 saturated carbocycles. The fourth-order valence-electron chi connectivity index (χ4n) is 1.78. The summed E-state index contributed by atoms with van der Waals surface area (Å²) in [6.45, 7) is 3.08. The van der Waals surface area contributed by atoms with Crippen LogP contribution in [-0.2, 0) is 0 Å². The van der Waals surface area contributed by atoms with Crippen LogP contribution < -0.4 is 0 Å². The molecule has 2 nitrogen and oxygen atoms in total. The van der Waals surface area contributed by atoms with E-state index in [9.17, 15) is 4.79 Å². The van der Waals surface area contributed by atoms with Gasteiger partial charge >= 0.3 is 0 Å². The van der Waals surface area contributed by atoms with Gasteiger partial charge in [0, 0.05) is 12.3 Å². The van der Waals surface area contributed by atoms with Crippen LogP contribution in [0.15, 0.2) is 17.5 Å². The number of rotatable bonds is 3. The van der Waals surface area contributed by atoms with Gasteiger partial charge in [0.15, 0.2) is 0 Å². The fourth-order valence-corrected chi connectivity index (χ4v) is 3.82. The predicted octanol–water partition coefficient (Wildman–Crippen LogP) is 3.06. The molecule has 0 radical (unpaired) electrons. The number of carbonyl (C=O) groups excluding carboxylic acids is 1. The third kappa shape index (κ3) is 2.37. The van der Waals surface area contributed by atoms with E-state index in [4.69, 9.17) is 0 Å². The molecule has 1 aliphatic heterocycles. The van der Waals surface area contributed by atoms with Crippen molar-refractivity contribution in [1.29, 1.82) is 0 Å². The third-order valence-corrected chi connectivity index (χ3v) is 4.67. The zero-order valence-corrected chi connectivity index (χ0v) is 10.4. The number of hydrogen-bond acceptors (Lipinski definition) is 3. The van der Waals surface area contributed by atoms with Crippen molar-refractivity contribution in [3.8, 4) is 0 Å². The van der Waals surface area contributed by atoms with Crippen LogP contribution in [0.25, 0.3) is 0 Å². The molecule has 0 spiro atoms. The van der Waals surface area contributed by atoms with E-state index in [1.165, 1.54) is 11.3 Å². The van der Waals surface area contributed by atoms with Crippen molar-refractivity contribution in [2.75, 3.05) is 12.3 Å². The van der Waals surface area contributed by atoms with Crippen molar-refractivity contribution in [3.63, 3.8) is 0 Å². The van der Waals surface area contributed by atoms with Gasteiger partial charge in [0.1, 0.15) is 0 Å². The van der Waals surface area contributed by atoms with Gasteiger partial charge in [-0.15, -0.1) is 23.1 Å². The molecule has 0 N–H and O–H groups in total. The van der Waals surface area contributed by atoms with E-state index in [2.05, 4.69) is 6.92 Å². The topological polar surface area (TPSA) is 20.3 Å². The second-order valence-corrected chi connectivity index (χ2v) is 5.82. The lowest BCUT2D eigenvalue weighted by Crippen LogP contribution is -2.34. The molecule has 0 bridgehead atoms. The normalized spacial score (nSPS) is 20.9. The fraction of sp³-hybridized carbons (Fsp3) is 0.545. The van der Waals surface area contributed by atoms with Gasteiger partial charge in [0.2, 0.25) is 0 Å². The lowest BCUT2D eigenvalue weighted by molar-refractivity contribution is 0.0761. The van der Waals surface area contributed by atoms with Crippen molar-refractivity contribution in [2.45, 2.75) is 25.1 Å². The summed E-state index contributed by atoms with van der Waals surface area (Å²) >= 11 is 3.45. The first-order chi connectivity index (χ1) is 7.33. The maximum Gasteiger partial charge on any atom is 0.264 e. The van der Waals surface area contributed by atoms with E-state index in [-0.39, 0.29) is 5.91 Å². The highest BCUT2D eigenvalue weighted by atomic mass is 32.2. The number of carbonyl (C=O) groups is 1. The Morgan fingerprint density at radius 1 is 1.67 bits per heavy atom. The van der Waals surface area contributed by atoms with Crippen molar-refractivity contribution in [3.05, 3.63) is 22.4 Å². The van der Waals surface area contributed by atoms with E-state index in [1.54, 1.807) is 0 Å². The molecular formula is C11H15NOS2. The summed E-state index contributed by atoms with van der Waals surface area (Å²) in [6, 6.07) is 3.86. The molecule has 4 heteroatoms. The molecule has 0 unspecified atom stereocenters. The van der Waals surface area contributed by atoms with E-state index < -0.39 is 0 Å². The van der Waals surface area contributed by atoms with Crippen LogP contribution in [0, 0.1) is 0 Å². The van der Waals surface area contributed by atoms with Gasteiger partial charge in [-0.2, -0.15) is 0 Å². The lowest BCUT2D eigenvalue weighted by Gasteiger charge is -2.22. The molecule has 0 aliphatic carbocycles. The van der Waals surface area contributed by atoms with Gasteiger partial charge in [-0.3, -0.25) is 4.79 Å². The van der Waals surface area contributed by atoms with E-state index in [0.717, 1.165) is 30.0 Å². The second kappa shape index (κ2) is 5.03. The van der Waals surface area contributed by atoms with Gasteiger partial charge in [-0.05, 0) is 17.9 Å². The Balaban J connectivity index is 2.06. The van der Waals surface area contributed by atoms with Crippen LogP contribution in [0.2, 0.25) is 0 Å². The predicted molar refractivity (Wildman–Crippen MR) is 66.5 cm³/mol. The number of thiophene rings is 1. The zero-order valence-electron chi connectivity index (χ0n) is 8.81. The SMILES string of the molecule is CCC[C@@H]1SCCN1C(=O)c1cccs1. The van der Waals surface area contributed by atoms with Crippen molar-refractivity contribution >= 4 is 29.0 Å². The molecule has 1 aliphatic rings. The lowest BCUT2D eigenvalue weighted by atomic mass is 10.3. The molecule has 1 aromatic rings. The maximum absolute atomic E-state index is 12.1. The van der Waals surface area contributed by atoms with Gasteiger partial charge in [-0.25, -0.2) is 0 Å². The summed E-state index contributed by atoms with van der Waals surface area (Å²) in [5.74, 6) is 1.30. The van der Waals surface area contributed by atoms with Gasteiger partial charge in [0.25, 0.3) is 5.91 Å². The average Bonchev–Trinajstić information content (AvgIpc) is 2.87. The van der Waals surface area contributed by atoms with Gasteiger partial charge < -0.3 is 4.90 Å². The minimum atomic E-state index is 0.216. The standard InChI is InChI=1S/C11H15NOS2/c1-2-4-10-12(6-8-15-10)11(13)9-5-3-7-14-9/h3,5,7,10H,2,4,6,8H2,1H3/t10-/m0/s1. The highest BCUT2D eigenvalue weighted by Gasteiger charge is 2.29. The van der Waals surface area contributed by atoms with Crippen LogP contribution in [0.3, 0.4) is 0 Å². The summed E-state index contributed by atoms with van der Waals surface area (Å²) in [7, 11) is 0. The number of amides is 1. The third-order valence-electron chi connectivity index (χ3n) is 2.52. The molecule has 82 valence electrons. The molecule has 1 fully saturated rings. The Bertz CT molecular complexity index is 323. The van der Waals surface area contributed by atoms with E-state index >= 15 is 0 Å². The summed E-state index contributed by atoms with van der Waals surface area (Å²) < 4.78 is 0. The summed E-state index contributed by atoms with van der Waals surface area (Å²) in [5.41, 5.74) is 0. The number of nitrogens with zero attached hydrogens (tertiary/aromatic N) is 1. The van der Waals surface area contributed by atoms with Crippen LogP contribution in [0.5, 0.6) is 0 Å². The van der Waals surface area contributed by atoms with E-state index in [1.807, 2.05) is 34.2 Å². The molecular weight excluding hydrogens is 226 g/mol. The summed E-state index contributed by atoms with van der Waals surface area (Å²) in [4.78, 5) is 15.0. The molecule has 15 heavy (non-hydrogen) atoms. The quantitative estimate of drug-likeness (QED) is 0.810. The monoisotopic (exact) mass is 241 g/mol. The average molecular weight is 241 g/mol. The molecule has 1 amide bonds. The number of thioether (sulfide) groups is 1. The Morgan fingerprint density at radius 3 is 3.20 bits per heavy atom. The largest absolute Gasteiger partial charge is 0.325 e. The molecule has 1 aromatic heterocycles. The molecule has 2 heterocycles. The minimum absolute atomic E-state index is 0.216. The summed E-state index contributed by atoms with van der Waals surface area (Å²) in [5, 5.41) is 2.37. The Morgan fingerprint density at radius 2 is 2.53 bits per heavy atom. The Hall–Kier alpha value is -0.480. The van der Waals surface area contributed by atoms with Crippen molar-refractivity contribution < 1.29 is 4.79 Å². The highest BCUT2D eigenvalue weighted by molar-refractivity contribution is 8.00. The molecule has 1 saturated heterocycles. The molecule has 2 rings (SSSR count). The van der Waals surface area contributed by atoms with Crippen LogP contribution >= 0.6 is 23.1 Å². The Kier molecular flexibility index (Phi) is 3.70. The zero-order chi connectivity index (χ0) is 10.7. The van der Waals surface area contributed by atoms with Gasteiger partial charge in [-0.1, -0.05) is 19.4 Å². The van der Waals surface area contributed by atoms with E-state index in [0.29, 0.717) is 5.37 Å². The highest BCUT2D eigenvalue weighted by Crippen LogP contribution is 2.29. The first-order valence-electron chi connectivity index (χ1n) is 5.29.